The lowest BCUT2D eigenvalue weighted by molar-refractivity contribution is 0.391. The fourth-order valence-corrected chi connectivity index (χ4v) is 4.31. The van der Waals surface area contributed by atoms with Crippen molar-refractivity contribution in [2.45, 2.75) is 24.8 Å². The van der Waals surface area contributed by atoms with Crippen LogP contribution >= 0.6 is 0 Å². The van der Waals surface area contributed by atoms with Crippen LogP contribution in [-0.2, 0) is 23.0 Å². The summed E-state index contributed by atoms with van der Waals surface area (Å²) in [7, 11) is -3.50. The number of sulfonamides is 1. The molecule has 21 heavy (non-hydrogen) atoms. The first-order valence-corrected chi connectivity index (χ1v) is 8.35. The molecule has 2 aromatic carbocycles. The minimum Gasteiger partial charge on any atom is -0.399 e. The van der Waals surface area contributed by atoms with E-state index >= 15 is 0 Å². The first-order chi connectivity index (χ1) is 9.96. The lowest BCUT2D eigenvalue weighted by atomic mass is 10.0. The minimum absolute atomic E-state index is 0.277. The zero-order chi connectivity index (χ0) is 15.0. The zero-order valence-corrected chi connectivity index (χ0v) is 12.7. The van der Waals surface area contributed by atoms with E-state index in [-0.39, 0.29) is 4.90 Å². The molecule has 0 bridgehead atoms. The Labute approximate surface area is 125 Å². The van der Waals surface area contributed by atoms with Crippen molar-refractivity contribution in [3.8, 4) is 0 Å². The Morgan fingerprint density at radius 1 is 1.10 bits per heavy atom. The van der Waals surface area contributed by atoms with E-state index < -0.39 is 10.0 Å². The summed E-state index contributed by atoms with van der Waals surface area (Å²) in [5, 5.41) is 0. The van der Waals surface area contributed by atoms with E-state index in [1.807, 2.05) is 25.1 Å². The summed E-state index contributed by atoms with van der Waals surface area (Å²) in [6.45, 7) is 2.78. The minimum atomic E-state index is -3.50. The first kappa shape index (κ1) is 14.1. The predicted molar refractivity (Wildman–Crippen MR) is 83.3 cm³/mol. The number of rotatable bonds is 2. The van der Waals surface area contributed by atoms with Gasteiger partial charge in [0.2, 0.25) is 10.0 Å². The van der Waals surface area contributed by atoms with Crippen LogP contribution in [0.5, 0.6) is 0 Å². The van der Waals surface area contributed by atoms with Crippen molar-refractivity contribution in [3.05, 3.63) is 59.2 Å². The lowest BCUT2D eigenvalue weighted by Crippen LogP contribution is -2.36. The molecule has 0 unspecified atom stereocenters. The van der Waals surface area contributed by atoms with Crippen LogP contribution in [0.1, 0.15) is 16.7 Å². The van der Waals surface area contributed by atoms with Crippen molar-refractivity contribution >= 4 is 15.7 Å². The Morgan fingerprint density at radius 2 is 1.81 bits per heavy atom. The van der Waals surface area contributed by atoms with Gasteiger partial charge in [0.25, 0.3) is 0 Å². The highest BCUT2D eigenvalue weighted by atomic mass is 32.2. The first-order valence-electron chi connectivity index (χ1n) is 6.91. The molecule has 1 aliphatic heterocycles. The third-order valence-electron chi connectivity index (χ3n) is 3.81. The smallest absolute Gasteiger partial charge is 0.243 e. The van der Waals surface area contributed by atoms with Gasteiger partial charge in [-0.15, -0.1) is 0 Å². The van der Waals surface area contributed by atoms with Crippen LogP contribution in [0.25, 0.3) is 0 Å². The van der Waals surface area contributed by atoms with Gasteiger partial charge >= 0.3 is 0 Å². The van der Waals surface area contributed by atoms with E-state index in [0.717, 1.165) is 17.5 Å². The molecule has 1 aliphatic rings. The van der Waals surface area contributed by atoms with Crippen LogP contribution in [0.2, 0.25) is 0 Å². The SMILES string of the molecule is Cc1cc(N)cc(S(=O)(=O)N2CCc3ccccc3C2)c1. The van der Waals surface area contributed by atoms with Crippen molar-refractivity contribution in [1.82, 2.24) is 4.31 Å². The summed E-state index contributed by atoms with van der Waals surface area (Å²) in [6, 6.07) is 13.0. The molecule has 0 saturated carbocycles. The van der Waals surface area contributed by atoms with Gasteiger partial charge in [-0.25, -0.2) is 8.42 Å². The Hall–Kier alpha value is -1.85. The average Bonchev–Trinajstić information content (AvgIpc) is 2.45. The number of fused-ring (bicyclic) bond motifs is 1. The third kappa shape index (κ3) is 2.66. The Bertz CT molecular complexity index is 764. The van der Waals surface area contributed by atoms with Crippen molar-refractivity contribution in [2.24, 2.45) is 0 Å². The van der Waals surface area contributed by atoms with Crippen LogP contribution < -0.4 is 5.73 Å². The van der Waals surface area contributed by atoms with Gasteiger partial charge in [0.05, 0.1) is 4.90 Å². The molecule has 0 aromatic heterocycles. The molecule has 5 heteroatoms. The topological polar surface area (TPSA) is 63.4 Å². The predicted octanol–water partition coefficient (Wildman–Crippen LogP) is 2.32. The van der Waals surface area contributed by atoms with E-state index in [9.17, 15) is 8.42 Å². The Morgan fingerprint density at radius 3 is 2.52 bits per heavy atom. The van der Waals surface area contributed by atoms with Crippen LogP contribution in [0, 0.1) is 6.92 Å². The second kappa shape index (κ2) is 5.16. The summed E-state index contributed by atoms with van der Waals surface area (Å²) in [5.74, 6) is 0. The molecular formula is C16H18N2O2S. The Balaban J connectivity index is 1.97. The third-order valence-corrected chi connectivity index (χ3v) is 5.63. The fraction of sp³-hybridized carbons (Fsp3) is 0.250. The van der Waals surface area contributed by atoms with Crippen molar-refractivity contribution in [3.63, 3.8) is 0 Å². The molecule has 3 rings (SSSR count). The normalized spacial score (nSPS) is 15.7. The number of nitrogens with two attached hydrogens (primary N) is 1. The van der Waals surface area contributed by atoms with Crippen molar-refractivity contribution in [2.75, 3.05) is 12.3 Å². The molecule has 4 nitrogen and oxygen atoms in total. The number of benzene rings is 2. The Kier molecular flexibility index (Phi) is 3.47. The molecule has 2 aromatic rings. The van der Waals surface area contributed by atoms with E-state index in [4.69, 9.17) is 5.73 Å². The van der Waals surface area contributed by atoms with Crippen molar-refractivity contribution < 1.29 is 8.42 Å². The molecule has 0 aliphatic carbocycles. The molecule has 0 atom stereocenters. The number of hydrogen-bond acceptors (Lipinski definition) is 3. The standard InChI is InChI=1S/C16H18N2O2S/c1-12-8-15(17)10-16(9-12)21(19,20)18-7-6-13-4-2-3-5-14(13)11-18/h2-5,8-10H,6-7,11,17H2,1H3. The lowest BCUT2D eigenvalue weighted by Gasteiger charge is -2.28. The largest absolute Gasteiger partial charge is 0.399 e. The van der Waals surface area contributed by atoms with E-state index in [1.165, 1.54) is 15.9 Å². The van der Waals surface area contributed by atoms with E-state index in [0.29, 0.717) is 18.8 Å². The van der Waals surface area contributed by atoms with Crippen molar-refractivity contribution in [1.29, 1.82) is 0 Å². The van der Waals surface area contributed by atoms with Gasteiger partial charge in [0, 0.05) is 18.8 Å². The average molecular weight is 302 g/mol. The summed E-state index contributed by atoms with van der Waals surface area (Å²) < 4.78 is 27.1. The van der Waals surface area contributed by atoms with E-state index in [1.54, 1.807) is 12.1 Å². The molecule has 0 amide bonds. The van der Waals surface area contributed by atoms with Crippen LogP contribution in [0.15, 0.2) is 47.4 Å². The number of nitrogens with zero attached hydrogens (tertiary/aromatic N) is 1. The van der Waals surface area contributed by atoms with Gasteiger partial charge in [-0.2, -0.15) is 4.31 Å². The monoisotopic (exact) mass is 302 g/mol. The highest BCUT2D eigenvalue weighted by Gasteiger charge is 2.28. The second-order valence-corrected chi connectivity index (χ2v) is 7.37. The fourth-order valence-electron chi connectivity index (χ4n) is 2.75. The van der Waals surface area contributed by atoms with Gasteiger partial charge in [-0.1, -0.05) is 24.3 Å². The van der Waals surface area contributed by atoms with Crippen LogP contribution in [-0.4, -0.2) is 19.3 Å². The van der Waals surface area contributed by atoms with Crippen LogP contribution in [0.4, 0.5) is 5.69 Å². The highest BCUT2D eigenvalue weighted by molar-refractivity contribution is 7.89. The molecule has 1 heterocycles. The number of aryl methyl sites for hydroxylation is 1. The van der Waals surface area contributed by atoms with Crippen LogP contribution in [0.3, 0.4) is 0 Å². The molecular weight excluding hydrogens is 284 g/mol. The maximum Gasteiger partial charge on any atom is 0.243 e. The van der Waals surface area contributed by atoms with Gasteiger partial charge in [0.15, 0.2) is 0 Å². The quantitative estimate of drug-likeness (QED) is 0.866. The summed E-state index contributed by atoms with van der Waals surface area (Å²) >= 11 is 0. The van der Waals surface area contributed by atoms with Gasteiger partial charge < -0.3 is 5.73 Å². The summed E-state index contributed by atoms with van der Waals surface area (Å²) in [6.07, 6.45) is 0.747. The summed E-state index contributed by atoms with van der Waals surface area (Å²) in [4.78, 5) is 0.277. The number of hydrogen-bond donors (Lipinski definition) is 1. The number of nitrogen functional groups attached to an aromatic ring is 1. The van der Waals surface area contributed by atoms with Gasteiger partial charge in [-0.05, 0) is 48.2 Å². The maximum atomic E-state index is 12.8. The highest BCUT2D eigenvalue weighted by Crippen LogP contribution is 2.26. The van der Waals surface area contributed by atoms with Gasteiger partial charge in [0.1, 0.15) is 0 Å². The molecule has 2 N–H and O–H groups in total. The molecule has 0 radical (unpaired) electrons. The molecule has 0 spiro atoms. The maximum absolute atomic E-state index is 12.8. The summed E-state index contributed by atoms with van der Waals surface area (Å²) in [5.41, 5.74) is 9.42. The molecule has 0 fully saturated rings. The molecule has 110 valence electrons. The van der Waals surface area contributed by atoms with Gasteiger partial charge in [-0.3, -0.25) is 0 Å². The second-order valence-electron chi connectivity index (χ2n) is 5.44. The zero-order valence-electron chi connectivity index (χ0n) is 11.9. The molecule has 0 saturated heterocycles. The number of anilines is 1. The van der Waals surface area contributed by atoms with E-state index in [2.05, 4.69) is 6.07 Å².